The lowest BCUT2D eigenvalue weighted by Crippen LogP contribution is -2.23. The number of benzene rings is 1. The molecule has 0 bridgehead atoms. The van der Waals surface area contributed by atoms with Crippen molar-refractivity contribution in [2.45, 2.75) is 19.1 Å². The van der Waals surface area contributed by atoms with Crippen molar-refractivity contribution in [3.8, 4) is 29.0 Å². The number of imidazole rings is 1. The van der Waals surface area contributed by atoms with E-state index in [4.69, 9.17) is 10.5 Å². The third kappa shape index (κ3) is 4.14. The Balaban J connectivity index is 2.09. The summed E-state index contributed by atoms with van der Waals surface area (Å²) in [5, 5.41) is 10.5. The first-order chi connectivity index (χ1) is 14.1. The molecule has 3 N–H and O–H groups in total. The van der Waals surface area contributed by atoms with Gasteiger partial charge in [-0.15, -0.1) is 0 Å². The molecule has 0 saturated heterocycles. The Morgan fingerprint density at radius 2 is 2.27 bits per heavy atom. The molecule has 2 heterocycles. The van der Waals surface area contributed by atoms with E-state index in [1.165, 1.54) is 19.2 Å². The number of aromatic nitrogens is 2. The SMILES string of the molecule is C=N/C(=C\C(=C)F)C(C)(O)C#Cc1cc2c(cc1F)OCCn1cc(C(N)=O)nc1-2. The third-order valence-electron chi connectivity index (χ3n) is 4.33. The fourth-order valence-electron chi connectivity index (χ4n) is 2.86. The molecule has 1 aliphatic rings. The second-order valence-electron chi connectivity index (χ2n) is 6.64. The van der Waals surface area contributed by atoms with Crippen LogP contribution in [0.1, 0.15) is 23.0 Å². The van der Waals surface area contributed by atoms with E-state index in [1.807, 2.05) is 0 Å². The fourth-order valence-corrected chi connectivity index (χ4v) is 2.86. The Morgan fingerprint density at radius 1 is 1.53 bits per heavy atom. The van der Waals surface area contributed by atoms with Crippen molar-refractivity contribution in [3.63, 3.8) is 0 Å². The molecule has 154 valence electrons. The second kappa shape index (κ2) is 7.93. The topological polar surface area (TPSA) is 103 Å². The quantitative estimate of drug-likeness (QED) is 0.457. The number of carbonyl (C=O) groups is 1. The summed E-state index contributed by atoms with van der Waals surface area (Å²) in [6.07, 6.45) is 2.37. The molecule has 1 atom stereocenters. The van der Waals surface area contributed by atoms with Gasteiger partial charge in [0.2, 0.25) is 0 Å². The summed E-state index contributed by atoms with van der Waals surface area (Å²) in [7, 11) is 0. The number of carbonyl (C=O) groups excluding carboxylic acids is 1. The van der Waals surface area contributed by atoms with Crippen LogP contribution < -0.4 is 10.5 Å². The number of halogens is 2. The number of aliphatic hydroxyl groups is 1. The van der Waals surface area contributed by atoms with Crippen molar-refractivity contribution in [3.05, 3.63) is 59.6 Å². The summed E-state index contributed by atoms with van der Waals surface area (Å²) >= 11 is 0. The number of allylic oxidation sites excluding steroid dienone is 2. The zero-order chi connectivity index (χ0) is 22.1. The van der Waals surface area contributed by atoms with Crippen LogP contribution in [0, 0.1) is 17.7 Å². The molecule has 7 nitrogen and oxygen atoms in total. The van der Waals surface area contributed by atoms with Crippen molar-refractivity contribution >= 4 is 12.6 Å². The standard InChI is InChI=1S/C21H18F2N4O3/c1-12(22)8-18(25-3)21(2,29)5-4-13-9-14-17(10-15(13)23)30-7-6-27-11-16(19(24)28)26-20(14)27/h8-11,29H,1,3,6-7H2,2H3,(H2,24,28)/b18-8-. The fraction of sp³-hybridized carbons (Fsp3) is 0.190. The number of hydrogen-bond donors (Lipinski definition) is 2. The Morgan fingerprint density at radius 3 is 2.90 bits per heavy atom. The van der Waals surface area contributed by atoms with Crippen LogP contribution in [0.5, 0.6) is 5.75 Å². The maximum atomic E-state index is 14.6. The molecule has 1 amide bonds. The van der Waals surface area contributed by atoms with Gasteiger partial charge in [0.1, 0.15) is 35.5 Å². The van der Waals surface area contributed by atoms with Crippen molar-refractivity contribution in [2.24, 2.45) is 10.7 Å². The Kier molecular flexibility index (Phi) is 5.54. The van der Waals surface area contributed by atoms with Crippen molar-refractivity contribution in [2.75, 3.05) is 6.61 Å². The highest BCUT2D eigenvalue weighted by Gasteiger charge is 2.24. The van der Waals surface area contributed by atoms with Gasteiger partial charge in [0.05, 0.1) is 23.4 Å². The Labute approximate surface area is 171 Å². The lowest BCUT2D eigenvalue weighted by Gasteiger charge is -2.16. The van der Waals surface area contributed by atoms with E-state index in [-0.39, 0.29) is 29.3 Å². The predicted molar refractivity (Wildman–Crippen MR) is 107 cm³/mol. The van der Waals surface area contributed by atoms with Gasteiger partial charge in [-0.05, 0) is 25.8 Å². The minimum Gasteiger partial charge on any atom is -0.491 e. The summed E-state index contributed by atoms with van der Waals surface area (Å²) in [5.74, 6) is 3.36. The van der Waals surface area contributed by atoms with Crippen LogP contribution in [0.2, 0.25) is 0 Å². The summed E-state index contributed by atoms with van der Waals surface area (Å²) in [5.41, 5.74) is 3.61. The van der Waals surface area contributed by atoms with E-state index >= 15 is 0 Å². The summed E-state index contributed by atoms with van der Waals surface area (Å²) in [6, 6.07) is 2.54. The number of nitrogens with two attached hydrogens (primary N) is 1. The van der Waals surface area contributed by atoms with E-state index in [0.717, 1.165) is 12.1 Å². The molecule has 1 aromatic carbocycles. The largest absolute Gasteiger partial charge is 0.491 e. The van der Waals surface area contributed by atoms with E-state index in [9.17, 15) is 18.7 Å². The minimum atomic E-state index is -1.91. The molecule has 0 saturated carbocycles. The highest BCUT2D eigenvalue weighted by atomic mass is 19.1. The number of rotatable bonds is 4. The lowest BCUT2D eigenvalue weighted by molar-refractivity contribution is 0.0996. The van der Waals surface area contributed by atoms with Crippen LogP contribution in [0.25, 0.3) is 11.4 Å². The molecule has 2 aromatic rings. The highest BCUT2D eigenvalue weighted by molar-refractivity contribution is 5.91. The maximum Gasteiger partial charge on any atom is 0.268 e. The monoisotopic (exact) mass is 412 g/mol. The lowest BCUT2D eigenvalue weighted by atomic mass is 10.0. The third-order valence-corrected chi connectivity index (χ3v) is 4.33. The van der Waals surface area contributed by atoms with Gasteiger partial charge in [-0.2, -0.15) is 0 Å². The zero-order valence-corrected chi connectivity index (χ0v) is 16.1. The smallest absolute Gasteiger partial charge is 0.268 e. The van der Waals surface area contributed by atoms with Crippen molar-refractivity contribution in [1.82, 2.24) is 9.55 Å². The Hall–Kier alpha value is -3.77. The van der Waals surface area contributed by atoms with Crippen molar-refractivity contribution in [1.29, 1.82) is 0 Å². The minimum absolute atomic E-state index is 0.0658. The maximum absolute atomic E-state index is 14.6. The van der Waals surface area contributed by atoms with Crippen LogP contribution in [-0.4, -0.2) is 39.5 Å². The number of nitrogens with zero attached hydrogens (tertiary/aromatic N) is 3. The van der Waals surface area contributed by atoms with Crippen LogP contribution in [0.4, 0.5) is 8.78 Å². The zero-order valence-electron chi connectivity index (χ0n) is 16.1. The van der Waals surface area contributed by atoms with Crippen LogP contribution >= 0.6 is 0 Å². The normalized spacial score (nSPS) is 14.7. The molecule has 30 heavy (non-hydrogen) atoms. The van der Waals surface area contributed by atoms with Gasteiger partial charge in [-0.25, -0.2) is 13.8 Å². The van der Waals surface area contributed by atoms with E-state index < -0.39 is 23.2 Å². The van der Waals surface area contributed by atoms with Gasteiger partial charge >= 0.3 is 0 Å². The molecule has 0 spiro atoms. The number of amides is 1. The molecule has 0 aliphatic carbocycles. The van der Waals surface area contributed by atoms with E-state index in [0.29, 0.717) is 17.9 Å². The van der Waals surface area contributed by atoms with Gasteiger partial charge in [0.25, 0.3) is 5.91 Å². The van der Waals surface area contributed by atoms with Gasteiger partial charge in [0.15, 0.2) is 5.60 Å². The second-order valence-corrected chi connectivity index (χ2v) is 6.64. The molecule has 0 radical (unpaired) electrons. The number of aliphatic imine (C=N–C) groups is 1. The number of hydrogen-bond acceptors (Lipinski definition) is 5. The Bertz CT molecular complexity index is 1150. The molecule has 1 unspecified atom stereocenters. The summed E-state index contributed by atoms with van der Waals surface area (Å²) in [4.78, 5) is 19.2. The summed E-state index contributed by atoms with van der Waals surface area (Å²) in [6.45, 7) is 8.23. The molecular formula is C21H18F2N4O3. The molecule has 1 aliphatic heterocycles. The van der Waals surface area contributed by atoms with Gasteiger partial charge < -0.3 is 20.1 Å². The van der Waals surface area contributed by atoms with E-state index in [2.05, 4.69) is 35.1 Å². The first-order valence-electron chi connectivity index (χ1n) is 8.75. The molecule has 0 fully saturated rings. The first kappa shape index (κ1) is 21.0. The molecular weight excluding hydrogens is 394 g/mol. The highest BCUT2D eigenvalue weighted by Crippen LogP contribution is 2.34. The van der Waals surface area contributed by atoms with Gasteiger partial charge in [-0.3, -0.25) is 9.79 Å². The number of primary amides is 1. The van der Waals surface area contributed by atoms with Gasteiger partial charge in [-0.1, -0.05) is 18.4 Å². The van der Waals surface area contributed by atoms with Gasteiger partial charge in [0, 0.05) is 12.3 Å². The molecule has 3 rings (SSSR count). The van der Waals surface area contributed by atoms with Crippen molar-refractivity contribution < 1.29 is 23.4 Å². The van der Waals surface area contributed by atoms with E-state index in [1.54, 1.807) is 4.57 Å². The molecule has 1 aromatic heterocycles. The van der Waals surface area contributed by atoms with Crippen LogP contribution in [0.3, 0.4) is 0 Å². The van der Waals surface area contributed by atoms with Crippen LogP contribution in [-0.2, 0) is 6.54 Å². The number of ether oxygens (including phenoxy) is 1. The molecule has 9 heteroatoms. The number of fused-ring (bicyclic) bond motifs is 3. The van der Waals surface area contributed by atoms with Crippen LogP contribution in [0.15, 0.2) is 47.5 Å². The average Bonchev–Trinajstić information content (AvgIpc) is 3.02. The predicted octanol–water partition coefficient (Wildman–Crippen LogP) is 2.35. The summed E-state index contributed by atoms with van der Waals surface area (Å²) < 4.78 is 34.9. The average molecular weight is 412 g/mol. The first-order valence-corrected chi connectivity index (χ1v) is 8.75.